The first-order chi connectivity index (χ1) is 9.86. The zero-order valence-corrected chi connectivity index (χ0v) is 14.1. The predicted molar refractivity (Wildman–Crippen MR) is 85.5 cm³/mol. The molecular formula is C15H27N3O2S. The number of piperidine rings is 1. The monoisotopic (exact) mass is 313 g/mol. The highest BCUT2D eigenvalue weighted by molar-refractivity contribution is 7.88. The molecule has 1 N–H and O–H groups in total. The van der Waals surface area contributed by atoms with E-state index in [1.807, 2.05) is 0 Å². The number of sulfonamides is 1. The third-order valence-electron chi connectivity index (χ3n) is 4.02. The molecule has 2 rings (SSSR count). The molecule has 0 aliphatic carbocycles. The van der Waals surface area contributed by atoms with Crippen LogP contribution in [0, 0.1) is 5.92 Å². The molecule has 1 fully saturated rings. The van der Waals surface area contributed by atoms with Crippen molar-refractivity contribution in [2.45, 2.75) is 45.8 Å². The van der Waals surface area contributed by atoms with Crippen molar-refractivity contribution in [1.82, 2.24) is 14.2 Å². The fraction of sp³-hybridized carbons (Fsp3) is 0.733. The third kappa shape index (κ3) is 4.83. The van der Waals surface area contributed by atoms with Crippen LogP contribution >= 0.6 is 0 Å². The first kappa shape index (κ1) is 16.5. The summed E-state index contributed by atoms with van der Waals surface area (Å²) >= 11 is 0. The Kier molecular flexibility index (Phi) is 5.46. The molecule has 0 amide bonds. The molecule has 1 aliphatic heterocycles. The van der Waals surface area contributed by atoms with Gasteiger partial charge in [0, 0.05) is 44.1 Å². The summed E-state index contributed by atoms with van der Waals surface area (Å²) in [5.41, 5.74) is 1.26. The molecule has 5 nitrogen and oxygen atoms in total. The lowest BCUT2D eigenvalue weighted by Gasteiger charge is -2.31. The maximum Gasteiger partial charge on any atom is 0.211 e. The van der Waals surface area contributed by atoms with E-state index < -0.39 is 10.0 Å². The summed E-state index contributed by atoms with van der Waals surface area (Å²) in [6.45, 7) is 7.34. The van der Waals surface area contributed by atoms with Gasteiger partial charge in [-0.25, -0.2) is 12.7 Å². The van der Waals surface area contributed by atoms with Crippen LogP contribution in [0.15, 0.2) is 18.3 Å². The Labute approximate surface area is 128 Å². The second-order valence-electron chi connectivity index (χ2n) is 6.32. The van der Waals surface area contributed by atoms with Crippen LogP contribution in [0.25, 0.3) is 0 Å². The van der Waals surface area contributed by atoms with Crippen molar-refractivity contribution in [1.29, 1.82) is 0 Å². The lowest BCUT2D eigenvalue weighted by Crippen LogP contribution is -2.40. The summed E-state index contributed by atoms with van der Waals surface area (Å²) in [5.74, 6) is 0.402. The van der Waals surface area contributed by atoms with E-state index in [9.17, 15) is 8.42 Å². The molecule has 0 radical (unpaired) electrons. The summed E-state index contributed by atoms with van der Waals surface area (Å²) in [5, 5.41) is 3.43. The van der Waals surface area contributed by atoms with Gasteiger partial charge in [-0.2, -0.15) is 0 Å². The highest BCUT2D eigenvalue weighted by Gasteiger charge is 2.26. The Balaban J connectivity index is 1.97. The SMILES string of the molecule is CC(C)NCc1cccn1CC1CCCN(S(C)(=O)=O)C1. The summed E-state index contributed by atoms with van der Waals surface area (Å²) in [6.07, 6.45) is 5.46. The Bertz CT molecular complexity index is 551. The van der Waals surface area contributed by atoms with Crippen molar-refractivity contribution < 1.29 is 8.42 Å². The van der Waals surface area contributed by atoms with Crippen LogP contribution in [0.1, 0.15) is 32.4 Å². The van der Waals surface area contributed by atoms with Crippen LogP contribution in [-0.2, 0) is 23.1 Å². The van der Waals surface area contributed by atoms with Gasteiger partial charge in [0.2, 0.25) is 10.0 Å². The van der Waals surface area contributed by atoms with Gasteiger partial charge in [0.25, 0.3) is 0 Å². The largest absolute Gasteiger partial charge is 0.350 e. The molecule has 0 aromatic carbocycles. The molecular weight excluding hydrogens is 286 g/mol. The lowest BCUT2D eigenvalue weighted by atomic mass is 9.99. The minimum atomic E-state index is -3.06. The van der Waals surface area contributed by atoms with Gasteiger partial charge >= 0.3 is 0 Å². The Morgan fingerprint density at radius 1 is 1.43 bits per heavy atom. The predicted octanol–water partition coefficient (Wildman–Crippen LogP) is 1.66. The van der Waals surface area contributed by atoms with Gasteiger partial charge in [0.1, 0.15) is 0 Å². The highest BCUT2D eigenvalue weighted by atomic mass is 32.2. The Morgan fingerprint density at radius 2 is 2.19 bits per heavy atom. The van der Waals surface area contributed by atoms with Gasteiger partial charge in [-0.15, -0.1) is 0 Å². The van der Waals surface area contributed by atoms with Gasteiger partial charge in [-0.3, -0.25) is 0 Å². The molecule has 0 spiro atoms. The summed E-state index contributed by atoms with van der Waals surface area (Å²) < 4.78 is 27.3. The molecule has 1 aromatic rings. The van der Waals surface area contributed by atoms with Crippen LogP contribution < -0.4 is 5.32 Å². The van der Waals surface area contributed by atoms with Gasteiger partial charge in [-0.1, -0.05) is 13.8 Å². The molecule has 0 saturated carbocycles. The number of nitrogens with one attached hydrogen (secondary N) is 1. The molecule has 2 heterocycles. The maximum absolute atomic E-state index is 11.7. The average Bonchev–Trinajstić information content (AvgIpc) is 2.83. The minimum absolute atomic E-state index is 0.402. The summed E-state index contributed by atoms with van der Waals surface area (Å²) in [7, 11) is -3.06. The van der Waals surface area contributed by atoms with E-state index in [4.69, 9.17) is 0 Å². The van der Waals surface area contributed by atoms with Crippen LogP contribution in [0.3, 0.4) is 0 Å². The molecule has 0 bridgehead atoms. The molecule has 21 heavy (non-hydrogen) atoms. The molecule has 120 valence electrons. The van der Waals surface area contributed by atoms with Gasteiger partial charge in [0.15, 0.2) is 0 Å². The normalized spacial score (nSPS) is 21.0. The van der Waals surface area contributed by atoms with Crippen molar-refractivity contribution in [2.75, 3.05) is 19.3 Å². The number of nitrogens with zero attached hydrogens (tertiary/aromatic N) is 2. The molecule has 6 heteroatoms. The Hall–Kier alpha value is -0.850. The van der Waals surface area contributed by atoms with Gasteiger partial charge < -0.3 is 9.88 Å². The van der Waals surface area contributed by atoms with Crippen molar-refractivity contribution in [3.63, 3.8) is 0 Å². The Morgan fingerprint density at radius 3 is 2.86 bits per heavy atom. The fourth-order valence-corrected chi connectivity index (χ4v) is 3.79. The maximum atomic E-state index is 11.7. The lowest BCUT2D eigenvalue weighted by molar-refractivity contribution is 0.245. The summed E-state index contributed by atoms with van der Waals surface area (Å²) in [6, 6.07) is 4.66. The first-order valence-electron chi connectivity index (χ1n) is 7.69. The number of aromatic nitrogens is 1. The van der Waals surface area contributed by atoms with Gasteiger partial charge in [-0.05, 0) is 30.9 Å². The van der Waals surface area contributed by atoms with E-state index in [2.05, 4.69) is 42.1 Å². The minimum Gasteiger partial charge on any atom is -0.350 e. The molecule has 1 aromatic heterocycles. The fourth-order valence-electron chi connectivity index (χ4n) is 2.85. The van der Waals surface area contributed by atoms with Crippen LogP contribution in [0.5, 0.6) is 0 Å². The van der Waals surface area contributed by atoms with Gasteiger partial charge in [0.05, 0.1) is 6.26 Å². The van der Waals surface area contributed by atoms with Crippen molar-refractivity contribution >= 4 is 10.0 Å². The number of hydrogen-bond donors (Lipinski definition) is 1. The third-order valence-corrected chi connectivity index (χ3v) is 5.29. The van der Waals surface area contributed by atoms with E-state index >= 15 is 0 Å². The van der Waals surface area contributed by atoms with E-state index in [1.54, 1.807) is 4.31 Å². The first-order valence-corrected chi connectivity index (χ1v) is 9.53. The van der Waals surface area contributed by atoms with Crippen LogP contribution in [0.4, 0.5) is 0 Å². The molecule has 1 saturated heterocycles. The second-order valence-corrected chi connectivity index (χ2v) is 8.30. The number of rotatable bonds is 6. The van der Waals surface area contributed by atoms with Crippen LogP contribution in [0.2, 0.25) is 0 Å². The van der Waals surface area contributed by atoms with Crippen molar-refractivity contribution in [2.24, 2.45) is 5.92 Å². The van der Waals surface area contributed by atoms with E-state index in [1.165, 1.54) is 11.9 Å². The van der Waals surface area contributed by atoms with Crippen molar-refractivity contribution in [3.05, 3.63) is 24.0 Å². The molecule has 1 aliphatic rings. The smallest absolute Gasteiger partial charge is 0.211 e. The quantitative estimate of drug-likeness (QED) is 0.869. The van der Waals surface area contributed by atoms with E-state index in [0.717, 1.165) is 25.9 Å². The average molecular weight is 313 g/mol. The molecule has 1 unspecified atom stereocenters. The summed E-state index contributed by atoms with van der Waals surface area (Å²) in [4.78, 5) is 0. The highest BCUT2D eigenvalue weighted by Crippen LogP contribution is 2.21. The standard InChI is InChI=1S/C15H27N3O2S/c1-13(2)16-10-15-7-5-8-17(15)11-14-6-4-9-18(12-14)21(3,19)20/h5,7-8,13-14,16H,4,6,9-12H2,1-3H3. The van der Waals surface area contributed by atoms with E-state index in [-0.39, 0.29) is 0 Å². The van der Waals surface area contributed by atoms with Crippen LogP contribution in [-0.4, -0.2) is 42.7 Å². The van der Waals surface area contributed by atoms with Crippen molar-refractivity contribution in [3.8, 4) is 0 Å². The zero-order chi connectivity index (χ0) is 15.5. The number of hydrogen-bond acceptors (Lipinski definition) is 3. The zero-order valence-electron chi connectivity index (χ0n) is 13.2. The second kappa shape index (κ2) is 6.94. The van der Waals surface area contributed by atoms with E-state index in [0.29, 0.717) is 25.0 Å². The topological polar surface area (TPSA) is 54.3 Å². The molecule has 1 atom stereocenters.